The number of nitro groups is 1. The lowest BCUT2D eigenvalue weighted by atomic mass is 10.1. The molecular weight excluding hydrogens is 287 g/mol. The lowest BCUT2D eigenvalue weighted by Crippen LogP contribution is -2.39. The Hall–Kier alpha value is -2.25. The summed E-state index contributed by atoms with van der Waals surface area (Å²) in [5.74, 6) is 0.381. The van der Waals surface area contributed by atoms with Crippen LogP contribution in [-0.4, -0.2) is 22.9 Å². The molecule has 21 heavy (non-hydrogen) atoms. The molecule has 1 fully saturated rings. The van der Waals surface area contributed by atoms with Crippen LogP contribution in [0.5, 0.6) is 0 Å². The molecule has 0 bridgehead atoms. The zero-order chi connectivity index (χ0) is 15.5. The highest BCUT2D eigenvalue weighted by atomic mass is 19.4. The third-order valence-electron chi connectivity index (χ3n) is 3.13. The highest BCUT2D eigenvalue weighted by Crippen LogP contribution is 2.29. The van der Waals surface area contributed by atoms with Crippen molar-refractivity contribution in [3.63, 3.8) is 0 Å². The third-order valence-corrected chi connectivity index (χ3v) is 3.13. The van der Waals surface area contributed by atoms with Gasteiger partial charge in [0.25, 0.3) is 6.20 Å². The first kappa shape index (κ1) is 15.1. The normalized spacial score (nSPS) is 17.7. The summed E-state index contributed by atoms with van der Waals surface area (Å²) in [7, 11) is 0. The first-order valence-electron chi connectivity index (χ1n) is 6.36. The van der Waals surface area contributed by atoms with Crippen molar-refractivity contribution in [1.82, 2.24) is 10.2 Å². The zero-order valence-corrected chi connectivity index (χ0v) is 11.1. The predicted octanol–water partition coefficient (Wildman–Crippen LogP) is 2.58. The van der Waals surface area contributed by atoms with Crippen molar-refractivity contribution in [2.45, 2.75) is 19.1 Å². The van der Waals surface area contributed by atoms with Crippen molar-refractivity contribution in [1.29, 1.82) is 0 Å². The molecule has 1 saturated heterocycles. The van der Waals surface area contributed by atoms with Crippen molar-refractivity contribution >= 4 is 0 Å². The summed E-state index contributed by atoms with van der Waals surface area (Å²) >= 11 is 0. The number of hydrogen-bond acceptors (Lipinski definition) is 4. The van der Waals surface area contributed by atoms with Crippen LogP contribution in [-0.2, 0) is 12.7 Å². The number of hydrogen-bond donors (Lipinski definition) is 1. The van der Waals surface area contributed by atoms with E-state index < -0.39 is 16.7 Å². The molecule has 0 aromatic heterocycles. The molecule has 1 aromatic carbocycles. The molecule has 0 atom stereocenters. The van der Waals surface area contributed by atoms with Gasteiger partial charge in [-0.2, -0.15) is 13.2 Å². The Morgan fingerprint density at radius 2 is 2.00 bits per heavy atom. The van der Waals surface area contributed by atoms with Crippen molar-refractivity contribution in [3.8, 4) is 0 Å². The lowest BCUT2D eigenvalue weighted by molar-refractivity contribution is -0.405. The van der Waals surface area contributed by atoms with E-state index in [0.717, 1.165) is 24.8 Å². The fourth-order valence-corrected chi connectivity index (χ4v) is 2.13. The van der Waals surface area contributed by atoms with Crippen molar-refractivity contribution in [3.05, 3.63) is 57.5 Å². The minimum atomic E-state index is -4.36. The summed E-state index contributed by atoms with van der Waals surface area (Å²) in [4.78, 5) is 11.8. The molecule has 0 aliphatic carbocycles. The minimum absolute atomic E-state index is 0.324. The summed E-state index contributed by atoms with van der Waals surface area (Å²) in [6.45, 7) is 1.59. The van der Waals surface area contributed by atoms with Gasteiger partial charge < -0.3 is 10.2 Å². The number of benzene rings is 1. The van der Waals surface area contributed by atoms with Gasteiger partial charge in [0.2, 0.25) is 0 Å². The van der Waals surface area contributed by atoms with Crippen LogP contribution in [0.3, 0.4) is 0 Å². The van der Waals surface area contributed by atoms with Gasteiger partial charge in [-0.3, -0.25) is 10.1 Å². The Bertz CT molecular complexity index is 541. The standard InChI is InChI=1S/C13H14F3N3O2/c14-13(15,16)11-4-2-10(3-5-11)8-18-7-1-6-17-12(18)9-19(20)21/h2-5,9,17H,1,6-8H2. The highest BCUT2D eigenvalue weighted by Gasteiger charge is 2.30. The molecule has 1 aliphatic rings. The van der Waals surface area contributed by atoms with E-state index in [4.69, 9.17) is 0 Å². The second-order valence-electron chi connectivity index (χ2n) is 4.70. The van der Waals surface area contributed by atoms with E-state index in [1.54, 1.807) is 4.90 Å². The van der Waals surface area contributed by atoms with Crippen molar-refractivity contribution < 1.29 is 18.1 Å². The van der Waals surface area contributed by atoms with Gasteiger partial charge in [-0.1, -0.05) is 12.1 Å². The van der Waals surface area contributed by atoms with E-state index in [1.165, 1.54) is 12.1 Å². The summed E-state index contributed by atoms with van der Waals surface area (Å²) in [6.07, 6.45) is -2.67. The Labute approximate surface area is 119 Å². The van der Waals surface area contributed by atoms with Crippen LogP contribution in [0.1, 0.15) is 17.5 Å². The van der Waals surface area contributed by atoms with Crippen LogP contribution >= 0.6 is 0 Å². The van der Waals surface area contributed by atoms with Crippen LogP contribution in [0.15, 0.2) is 36.3 Å². The molecule has 1 N–H and O–H groups in total. The zero-order valence-electron chi connectivity index (χ0n) is 11.1. The van der Waals surface area contributed by atoms with Crippen LogP contribution in [0, 0.1) is 10.1 Å². The molecule has 114 valence electrons. The second-order valence-corrected chi connectivity index (χ2v) is 4.70. The van der Waals surface area contributed by atoms with Gasteiger partial charge in [0.15, 0.2) is 5.82 Å². The van der Waals surface area contributed by atoms with E-state index in [1.807, 2.05) is 0 Å². The lowest BCUT2D eigenvalue weighted by Gasteiger charge is -2.30. The Balaban J connectivity index is 2.11. The SMILES string of the molecule is O=[N+]([O-])C=C1NCCCN1Cc1ccc(C(F)(F)F)cc1. The summed E-state index contributed by atoms with van der Waals surface area (Å²) in [5, 5.41) is 13.5. The van der Waals surface area contributed by atoms with Crippen LogP contribution in [0.25, 0.3) is 0 Å². The molecule has 0 saturated carbocycles. The topological polar surface area (TPSA) is 58.4 Å². The molecule has 1 aliphatic heterocycles. The Morgan fingerprint density at radius 1 is 1.33 bits per heavy atom. The number of nitrogens with zero attached hydrogens (tertiary/aromatic N) is 2. The molecule has 2 rings (SSSR count). The maximum absolute atomic E-state index is 12.5. The number of halogens is 3. The summed E-state index contributed by atoms with van der Waals surface area (Å²) < 4.78 is 37.4. The van der Waals surface area contributed by atoms with Gasteiger partial charge >= 0.3 is 6.18 Å². The second kappa shape index (κ2) is 6.02. The van der Waals surface area contributed by atoms with E-state index >= 15 is 0 Å². The largest absolute Gasteiger partial charge is 0.416 e. The molecule has 0 amide bonds. The van der Waals surface area contributed by atoms with E-state index in [-0.39, 0.29) is 0 Å². The molecule has 0 spiro atoms. The van der Waals surface area contributed by atoms with Crippen molar-refractivity contribution in [2.75, 3.05) is 13.1 Å². The average molecular weight is 301 g/mol. The van der Waals surface area contributed by atoms with Crippen molar-refractivity contribution in [2.24, 2.45) is 0 Å². The smallest absolute Gasteiger partial charge is 0.367 e. The number of alkyl halides is 3. The van der Waals surface area contributed by atoms with Gasteiger partial charge in [-0.15, -0.1) is 0 Å². The van der Waals surface area contributed by atoms with Gasteiger partial charge in [-0.05, 0) is 24.1 Å². The summed E-state index contributed by atoms with van der Waals surface area (Å²) in [5.41, 5.74) is -0.0370. The summed E-state index contributed by atoms with van der Waals surface area (Å²) in [6, 6.07) is 4.82. The predicted molar refractivity (Wildman–Crippen MR) is 69.6 cm³/mol. The van der Waals surface area contributed by atoms with E-state index in [2.05, 4.69) is 5.32 Å². The van der Waals surface area contributed by atoms with Crippen LogP contribution in [0.2, 0.25) is 0 Å². The number of nitrogens with one attached hydrogen (secondary N) is 1. The van der Waals surface area contributed by atoms with Gasteiger partial charge in [0.05, 0.1) is 10.5 Å². The van der Waals surface area contributed by atoms with Gasteiger partial charge in [0.1, 0.15) is 0 Å². The molecule has 0 unspecified atom stereocenters. The molecule has 0 radical (unpaired) electrons. The molecule has 5 nitrogen and oxygen atoms in total. The van der Waals surface area contributed by atoms with Gasteiger partial charge in [0, 0.05) is 19.6 Å². The third kappa shape index (κ3) is 4.11. The highest BCUT2D eigenvalue weighted by molar-refractivity contribution is 5.25. The molecular formula is C13H14F3N3O2. The quantitative estimate of drug-likeness (QED) is 0.688. The monoisotopic (exact) mass is 301 g/mol. The fourth-order valence-electron chi connectivity index (χ4n) is 2.13. The maximum Gasteiger partial charge on any atom is 0.416 e. The minimum Gasteiger partial charge on any atom is -0.367 e. The molecule has 1 heterocycles. The fraction of sp³-hybridized carbons (Fsp3) is 0.385. The Morgan fingerprint density at radius 3 is 2.57 bits per heavy atom. The van der Waals surface area contributed by atoms with E-state index in [0.29, 0.717) is 31.0 Å². The van der Waals surface area contributed by atoms with Crippen LogP contribution < -0.4 is 5.32 Å². The molecule has 1 aromatic rings. The maximum atomic E-state index is 12.5. The number of rotatable bonds is 3. The van der Waals surface area contributed by atoms with Crippen LogP contribution in [0.4, 0.5) is 13.2 Å². The molecule has 8 heteroatoms. The van der Waals surface area contributed by atoms with Gasteiger partial charge in [-0.25, -0.2) is 0 Å². The first-order chi connectivity index (χ1) is 9.86. The Kier molecular flexibility index (Phi) is 4.35. The average Bonchev–Trinajstić information content (AvgIpc) is 2.40. The van der Waals surface area contributed by atoms with E-state index in [9.17, 15) is 23.3 Å². The first-order valence-corrected chi connectivity index (χ1v) is 6.36.